The van der Waals surface area contributed by atoms with E-state index in [1.165, 1.54) is 29.7 Å². The Morgan fingerprint density at radius 3 is 2.48 bits per heavy atom. The number of benzene rings is 2. The highest BCUT2D eigenvalue weighted by atomic mass is 32.2. The molecule has 0 aromatic heterocycles. The van der Waals surface area contributed by atoms with Crippen LogP contribution < -0.4 is 10.2 Å². The van der Waals surface area contributed by atoms with Crippen LogP contribution in [-0.4, -0.2) is 48.0 Å². The van der Waals surface area contributed by atoms with Crippen molar-refractivity contribution >= 4 is 16.1 Å². The van der Waals surface area contributed by atoms with E-state index >= 15 is 0 Å². The molecule has 0 unspecified atom stereocenters. The normalized spacial score (nSPS) is 20.1. The Morgan fingerprint density at radius 2 is 1.83 bits per heavy atom. The number of carbonyl (C=O) groups is 1. The summed E-state index contributed by atoms with van der Waals surface area (Å²) >= 11 is 0. The molecule has 0 saturated carbocycles. The number of nitrogens with zero attached hydrogens (tertiary/aromatic N) is 1. The number of aliphatic hydroxyl groups is 1. The van der Waals surface area contributed by atoms with Crippen molar-refractivity contribution < 1.29 is 33.0 Å². The lowest BCUT2D eigenvalue weighted by molar-refractivity contribution is -0.0837. The predicted molar refractivity (Wildman–Crippen MR) is 102 cm³/mol. The summed E-state index contributed by atoms with van der Waals surface area (Å²) in [4.78, 5) is 11.3. The molecule has 1 heterocycles. The van der Waals surface area contributed by atoms with Gasteiger partial charge in [-0.05, 0) is 42.7 Å². The summed E-state index contributed by atoms with van der Waals surface area (Å²) in [5, 5.41) is 18.7. The van der Waals surface area contributed by atoms with Gasteiger partial charge in [0.2, 0.25) is 10.0 Å². The highest BCUT2D eigenvalue weighted by molar-refractivity contribution is 7.89. The maximum Gasteiger partial charge on any atom is 0.432 e. The average molecular weight is 422 g/mol. The quantitative estimate of drug-likeness (QED) is 0.479. The number of rotatable bonds is 6. The van der Waals surface area contributed by atoms with Crippen LogP contribution in [0.2, 0.25) is 0 Å². The summed E-state index contributed by atoms with van der Waals surface area (Å²) < 4.78 is 37.4. The zero-order chi connectivity index (χ0) is 20.9. The Hall–Kier alpha value is -2.66. The summed E-state index contributed by atoms with van der Waals surface area (Å²) in [6, 6.07) is 15.4. The van der Waals surface area contributed by atoms with E-state index in [-0.39, 0.29) is 17.9 Å². The number of hydrogen-bond donors (Lipinski definition) is 3. The summed E-state index contributed by atoms with van der Waals surface area (Å²) in [6.07, 6.45) is -3.22. The van der Waals surface area contributed by atoms with Gasteiger partial charge in [0.1, 0.15) is 18.5 Å². The zero-order valence-corrected chi connectivity index (χ0v) is 16.3. The largest absolute Gasteiger partial charge is 0.489 e. The van der Waals surface area contributed by atoms with Crippen LogP contribution >= 0.6 is 0 Å². The van der Waals surface area contributed by atoms with Crippen molar-refractivity contribution in [2.45, 2.75) is 36.7 Å². The molecule has 0 bridgehead atoms. The number of ether oxygens (including phenoxy) is 2. The molecule has 10 heteroatoms. The van der Waals surface area contributed by atoms with Gasteiger partial charge in [-0.3, -0.25) is 5.21 Å². The van der Waals surface area contributed by atoms with Gasteiger partial charge in [-0.1, -0.05) is 30.3 Å². The minimum absolute atomic E-state index is 0.0309. The smallest absolute Gasteiger partial charge is 0.432 e. The molecule has 156 valence electrons. The van der Waals surface area contributed by atoms with E-state index in [0.717, 1.165) is 9.87 Å². The van der Waals surface area contributed by atoms with E-state index in [0.29, 0.717) is 18.8 Å². The van der Waals surface area contributed by atoms with Gasteiger partial charge in [-0.25, -0.2) is 18.7 Å². The highest BCUT2D eigenvalue weighted by Crippen LogP contribution is 2.27. The van der Waals surface area contributed by atoms with Crippen molar-refractivity contribution in [2.24, 2.45) is 0 Å². The van der Waals surface area contributed by atoms with E-state index in [2.05, 4.69) is 0 Å². The fourth-order valence-corrected chi connectivity index (χ4v) is 4.61. The van der Waals surface area contributed by atoms with Gasteiger partial charge >= 0.3 is 6.09 Å². The van der Waals surface area contributed by atoms with E-state index in [1.54, 1.807) is 0 Å². The van der Waals surface area contributed by atoms with Gasteiger partial charge in [0.05, 0.1) is 4.90 Å². The lowest BCUT2D eigenvalue weighted by Crippen LogP contribution is -2.53. The van der Waals surface area contributed by atoms with Gasteiger partial charge in [-0.2, -0.15) is 4.31 Å². The number of aliphatic hydroxyl groups excluding tert-OH is 1. The number of amides is 1. The van der Waals surface area contributed by atoms with Gasteiger partial charge in [0, 0.05) is 6.54 Å². The molecule has 3 N–H and O–H groups in total. The third kappa shape index (κ3) is 5.04. The van der Waals surface area contributed by atoms with Crippen LogP contribution in [0.5, 0.6) is 5.75 Å². The minimum atomic E-state index is -4.05. The number of hydrogen-bond acceptors (Lipinski definition) is 7. The van der Waals surface area contributed by atoms with Crippen molar-refractivity contribution in [1.29, 1.82) is 0 Å². The van der Waals surface area contributed by atoms with Gasteiger partial charge in [-0.15, -0.1) is 0 Å². The van der Waals surface area contributed by atoms with E-state index in [1.807, 2.05) is 30.3 Å². The number of piperidine rings is 1. The van der Waals surface area contributed by atoms with Crippen LogP contribution in [0.1, 0.15) is 18.4 Å². The Labute approximate surface area is 168 Å². The fourth-order valence-electron chi connectivity index (χ4n) is 3.03. The molecule has 1 amide bonds. The van der Waals surface area contributed by atoms with Crippen LogP contribution in [0.3, 0.4) is 0 Å². The Morgan fingerprint density at radius 1 is 1.14 bits per heavy atom. The van der Waals surface area contributed by atoms with E-state index in [4.69, 9.17) is 14.7 Å². The third-order valence-corrected chi connectivity index (χ3v) is 6.36. The second kappa shape index (κ2) is 9.23. The molecule has 0 aliphatic carbocycles. The van der Waals surface area contributed by atoms with Crippen LogP contribution in [0.25, 0.3) is 0 Å². The van der Waals surface area contributed by atoms with Crippen LogP contribution in [0.4, 0.5) is 4.79 Å². The fraction of sp³-hybridized carbons (Fsp3) is 0.316. The molecule has 3 rings (SSSR count). The lowest BCUT2D eigenvalue weighted by atomic mass is 10.1. The molecular weight excluding hydrogens is 400 g/mol. The summed E-state index contributed by atoms with van der Waals surface area (Å²) in [7, 11) is -4.05. The Bertz CT molecular complexity index is 919. The number of nitrogens with one attached hydrogen (secondary N) is 1. The molecule has 1 aliphatic heterocycles. The SMILES string of the molecule is O=C(NO)O[C@@H]1[C@@H](O)CCCN1S(=O)(=O)c1ccc(OCc2ccccc2)cc1. The molecule has 9 nitrogen and oxygen atoms in total. The molecule has 2 aromatic carbocycles. The van der Waals surface area contributed by atoms with Gasteiger partial charge in [0.15, 0.2) is 6.23 Å². The molecule has 1 aliphatic rings. The average Bonchev–Trinajstić information content (AvgIpc) is 2.74. The Balaban J connectivity index is 1.74. The maximum atomic E-state index is 13.0. The van der Waals surface area contributed by atoms with Crippen LogP contribution in [0, 0.1) is 0 Å². The highest BCUT2D eigenvalue weighted by Gasteiger charge is 2.41. The van der Waals surface area contributed by atoms with E-state index < -0.39 is 28.4 Å². The zero-order valence-electron chi connectivity index (χ0n) is 15.5. The van der Waals surface area contributed by atoms with Gasteiger partial charge in [0.25, 0.3) is 0 Å². The van der Waals surface area contributed by atoms with Crippen molar-refractivity contribution in [1.82, 2.24) is 9.79 Å². The van der Waals surface area contributed by atoms with Crippen molar-refractivity contribution in [3.8, 4) is 5.75 Å². The second-order valence-electron chi connectivity index (χ2n) is 6.48. The lowest BCUT2D eigenvalue weighted by Gasteiger charge is -2.36. The first-order valence-corrected chi connectivity index (χ1v) is 10.4. The summed E-state index contributed by atoms with van der Waals surface area (Å²) in [5.74, 6) is 0.499. The van der Waals surface area contributed by atoms with E-state index in [9.17, 15) is 18.3 Å². The first kappa shape index (κ1) is 21.1. The number of sulfonamides is 1. The van der Waals surface area contributed by atoms with Crippen molar-refractivity contribution in [3.05, 3.63) is 60.2 Å². The number of carbonyl (C=O) groups excluding carboxylic acids is 1. The Kier molecular flexibility index (Phi) is 6.70. The maximum absolute atomic E-state index is 13.0. The van der Waals surface area contributed by atoms with Crippen LogP contribution in [0.15, 0.2) is 59.5 Å². The monoisotopic (exact) mass is 422 g/mol. The van der Waals surface area contributed by atoms with Gasteiger partial charge < -0.3 is 14.6 Å². The van der Waals surface area contributed by atoms with Crippen LogP contribution in [-0.2, 0) is 21.4 Å². The predicted octanol–water partition coefficient (Wildman–Crippen LogP) is 1.85. The second-order valence-corrected chi connectivity index (χ2v) is 8.37. The molecule has 29 heavy (non-hydrogen) atoms. The molecule has 0 spiro atoms. The topological polar surface area (TPSA) is 125 Å². The minimum Gasteiger partial charge on any atom is -0.489 e. The number of hydroxylamine groups is 1. The molecule has 2 atom stereocenters. The molecular formula is C19H22N2O7S. The summed E-state index contributed by atoms with van der Waals surface area (Å²) in [5.41, 5.74) is 2.25. The summed E-state index contributed by atoms with van der Waals surface area (Å²) in [6.45, 7) is 0.409. The van der Waals surface area contributed by atoms with Crippen molar-refractivity contribution in [3.63, 3.8) is 0 Å². The first-order chi connectivity index (χ1) is 13.9. The molecule has 1 saturated heterocycles. The molecule has 2 aromatic rings. The third-order valence-electron chi connectivity index (χ3n) is 4.49. The van der Waals surface area contributed by atoms with Crippen molar-refractivity contribution in [2.75, 3.05) is 6.54 Å². The molecule has 0 radical (unpaired) electrons. The standard InChI is InChI=1S/C19H22N2O7S/c22-17-7-4-12-21(18(17)28-19(23)20-24)29(25,26)16-10-8-15(9-11-16)27-13-14-5-2-1-3-6-14/h1-3,5-6,8-11,17-18,22,24H,4,7,12-13H2,(H,20,23)/t17-,18+/m0/s1. The molecule has 1 fully saturated rings. The first-order valence-electron chi connectivity index (χ1n) is 8.99.